The summed E-state index contributed by atoms with van der Waals surface area (Å²) in [6, 6.07) is 9.00. The molecule has 0 aliphatic carbocycles. The summed E-state index contributed by atoms with van der Waals surface area (Å²) in [4.78, 5) is 12.3. The first-order valence-electron chi connectivity index (χ1n) is 6.32. The number of benzene rings is 2. The molecule has 0 aliphatic heterocycles. The smallest absolute Gasteiger partial charge is 0.255 e. The van der Waals surface area contributed by atoms with Crippen LogP contribution in [-0.2, 0) is 0 Å². The van der Waals surface area contributed by atoms with Crippen molar-refractivity contribution >= 4 is 28.9 Å². The number of nitrogen functional groups attached to an aromatic ring is 1. The van der Waals surface area contributed by atoms with Gasteiger partial charge in [0.15, 0.2) is 0 Å². The first kappa shape index (κ1) is 14.4. The van der Waals surface area contributed by atoms with Crippen LogP contribution in [0, 0.1) is 20.8 Å². The minimum Gasteiger partial charge on any atom is -0.398 e. The Morgan fingerprint density at radius 3 is 2.50 bits per heavy atom. The summed E-state index contributed by atoms with van der Waals surface area (Å²) in [6.07, 6.45) is 0. The van der Waals surface area contributed by atoms with E-state index in [-0.39, 0.29) is 5.91 Å². The third-order valence-corrected chi connectivity index (χ3v) is 3.48. The standard InChI is InChI=1S/C16H17ClN2O/c1-9-6-12(8-13(17)7-9)16(20)19-15-10(2)4-5-14(18)11(15)3/h4-8H,18H2,1-3H3,(H,19,20). The third kappa shape index (κ3) is 2.94. The number of nitrogens with two attached hydrogens (primary N) is 1. The fraction of sp³-hybridized carbons (Fsp3) is 0.188. The molecule has 0 radical (unpaired) electrons. The molecule has 20 heavy (non-hydrogen) atoms. The molecule has 104 valence electrons. The van der Waals surface area contributed by atoms with Crippen molar-refractivity contribution in [2.45, 2.75) is 20.8 Å². The van der Waals surface area contributed by atoms with Crippen LogP contribution in [0.25, 0.3) is 0 Å². The van der Waals surface area contributed by atoms with Crippen LogP contribution in [0.1, 0.15) is 27.0 Å². The van der Waals surface area contributed by atoms with Crippen molar-refractivity contribution in [1.82, 2.24) is 0 Å². The van der Waals surface area contributed by atoms with E-state index in [1.165, 1.54) is 0 Å². The molecule has 2 aromatic rings. The van der Waals surface area contributed by atoms with Crippen molar-refractivity contribution in [2.75, 3.05) is 11.1 Å². The molecule has 2 rings (SSSR count). The number of halogens is 1. The maximum Gasteiger partial charge on any atom is 0.255 e. The number of nitrogens with one attached hydrogen (secondary N) is 1. The maximum atomic E-state index is 12.3. The lowest BCUT2D eigenvalue weighted by Gasteiger charge is -2.14. The second-order valence-electron chi connectivity index (χ2n) is 4.94. The Hall–Kier alpha value is -2.00. The molecule has 2 aromatic carbocycles. The average Bonchev–Trinajstić information content (AvgIpc) is 2.38. The maximum absolute atomic E-state index is 12.3. The molecule has 0 saturated heterocycles. The van der Waals surface area contributed by atoms with Crippen molar-refractivity contribution in [1.29, 1.82) is 0 Å². The predicted molar refractivity (Wildman–Crippen MR) is 84.5 cm³/mol. The Kier molecular flexibility index (Phi) is 4.00. The zero-order valence-corrected chi connectivity index (χ0v) is 12.5. The Morgan fingerprint density at radius 1 is 1.15 bits per heavy atom. The largest absolute Gasteiger partial charge is 0.398 e. The van der Waals surface area contributed by atoms with Crippen molar-refractivity contribution in [3.63, 3.8) is 0 Å². The summed E-state index contributed by atoms with van der Waals surface area (Å²) in [5, 5.41) is 3.46. The molecule has 0 atom stereocenters. The number of carbonyl (C=O) groups excluding carboxylic acids is 1. The number of hydrogen-bond donors (Lipinski definition) is 2. The van der Waals surface area contributed by atoms with E-state index in [1.807, 2.05) is 39.0 Å². The first-order valence-corrected chi connectivity index (χ1v) is 6.70. The van der Waals surface area contributed by atoms with Crippen molar-refractivity contribution in [3.8, 4) is 0 Å². The quantitative estimate of drug-likeness (QED) is 0.818. The monoisotopic (exact) mass is 288 g/mol. The molecule has 0 aliphatic rings. The molecule has 0 spiro atoms. The Labute approximate surface area is 123 Å². The zero-order valence-electron chi connectivity index (χ0n) is 11.8. The van der Waals surface area contributed by atoms with Crippen LogP contribution in [0.4, 0.5) is 11.4 Å². The molecule has 0 heterocycles. The highest BCUT2D eigenvalue weighted by Crippen LogP contribution is 2.26. The van der Waals surface area contributed by atoms with Crippen LogP contribution in [-0.4, -0.2) is 5.91 Å². The first-order chi connectivity index (χ1) is 9.38. The molecule has 0 bridgehead atoms. The lowest BCUT2D eigenvalue weighted by Crippen LogP contribution is -2.14. The van der Waals surface area contributed by atoms with Crippen LogP contribution in [0.3, 0.4) is 0 Å². The molecule has 3 nitrogen and oxygen atoms in total. The van der Waals surface area contributed by atoms with Crippen LogP contribution in [0.2, 0.25) is 5.02 Å². The van der Waals surface area contributed by atoms with Crippen LogP contribution in [0.15, 0.2) is 30.3 Å². The zero-order chi connectivity index (χ0) is 14.9. The highest BCUT2D eigenvalue weighted by atomic mass is 35.5. The van der Waals surface area contributed by atoms with Crippen molar-refractivity contribution < 1.29 is 4.79 Å². The van der Waals surface area contributed by atoms with Crippen molar-refractivity contribution in [2.24, 2.45) is 0 Å². The molecule has 0 unspecified atom stereocenters. The third-order valence-electron chi connectivity index (χ3n) is 3.26. The van der Waals surface area contributed by atoms with E-state index in [1.54, 1.807) is 12.1 Å². The molecule has 4 heteroatoms. The average molecular weight is 289 g/mol. The van der Waals surface area contributed by atoms with E-state index >= 15 is 0 Å². The van der Waals surface area contributed by atoms with Gasteiger partial charge >= 0.3 is 0 Å². The lowest BCUT2D eigenvalue weighted by molar-refractivity contribution is 0.102. The fourth-order valence-electron chi connectivity index (χ4n) is 2.11. The molecule has 0 aromatic heterocycles. The van der Waals surface area contributed by atoms with Gasteiger partial charge in [0.05, 0.1) is 0 Å². The Balaban J connectivity index is 2.35. The predicted octanol–water partition coefficient (Wildman–Crippen LogP) is 4.10. The summed E-state index contributed by atoms with van der Waals surface area (Å²) >= 11 is 5.98. The van der Waals surface area contributed by atoms with Gasteiger partial charge in [0.25, 0.3) is 5.91 Å². The van der Waals surface area contributed by atoms with Crippen LogP contribution in [0.5, 0.6) is 0 Å². The highest BCUT2D eigenvalue weighted by molar-refractivity contribution is 6.31. The number of hydrogen-bond acceptors (Lipinski definition) is 2. The van der Waals surface area contributed by atoms with Gasteiger partial charge in [-0.3, -0.25) is 4.79 Å². The van der Waals surface area contributed by atoms with E-state index in [4.69, 9.17) is 17.3 Å². The number of carbonyl (C=O) groups is 1. The lowest BCUT2D eigenvalue weighted by atomic mass is 10.1. The van der Waals surface area contributed by atoms with Gasteiger partial charge in [-0.15, -0.1) is 0 Å². The van der Waals surface area contributed by atoms with Crippen LogP contribution < -0.4 is 11.1 Å². The molecule has 1 amide bonds. The van der Waals surface area contributed by atoms with Gasteiger partial charge in [0, 0.05) is 22.0 Å². The summed E-state index contributed by atoms with van der Waals surface area (Å²) in [7, 11) is 0. The summed E-state index contributed by atoms with van der Waals surface area (Å²) in [5.41, 5.74) is 10.6. The normalized spacial score (nSPS) is 10.4. The number of amides is 1. The van der Waals surface area contributed by atoms with Gasteiger partial charge < -0.3 is 11.1 Å². The highest BCUT2D eigenvalue weighted by Gasteiger charge is 2.12. The van der Waals surface area contributed by atoms with Gasteiger partial charge in [-0.25, -0.2) is 0 Å². The molecule has 3 N–H and O–H groups in total. The second-order valence-corrected chi connectivity index (χ2v) is 5.38. The van der Waals surface area contributed by atoms with Crippen LogP contribution >= 0.6 is 11.6 Å². The number of aryl methyl sites for hydroxylation is 2. The molecular formula is C16H17ClN2O. The van der Waals surface area contributed by atoms with Gasteiger partial charge in [0.2, 0.25) is 0 Å². The van der Waals surface area contributed by atoms with Gasteiger partial charge in [0.1, 0.15) is 0 Å². The van der Waals surface area contributed by atoms with Gasteiger partial charge in [-0.05, 0) is 61.7 Å². The van der Waals surface area contributed by atoms with E-state index in [0.29, 0.717) is 16.3 Å². The summed E-state index contributed by atoms with van der Waals surface area (Å²) in [5.74, 6) is -0.188. The molecule has 0 fully saturated rings. The van der Waals surface area contributed by atoms with Gasteiger partial charge in [-0.1, -0.05) is 17.7 Å². The number of anilines is 2. The van der Waals surface area contributed by atoms with E-state index < -0.39 is 0 Å². The second kappa shape index (κ2) is 5.55. The topological polar surface area (TPSA) is 55.1 Å². The van der Waals surface area contributed by atoms with E-state index in [0.717, 1.165) is 22.4 Å². The minimum absolute atomic E-state index is 0.188. The van der Waals surface area contributed by atoms with E-state index in [9.17, 15) is 4.79 Å². The SMILES string of the molecule is Cc1cc(Cl)cc(C(=O)Nc2c(C)ccc(N)c2C)c1. The Bertz CT molecular complexity index is 660. The van der Waals surface area contributed by atoms with Crippen molar-refractivity contribution in [3.05, 3.63) is 57.6 Å². The molecule has 0 saturated carbocycles. The minimum atomic E-state index is -0.188. The molecular weight excluding hydrogens is 272 g/mol. The number of rotatable bonds is 2. The Morgan fingerprint density at radius 2 is 1.85 bits per heavy atom. The van der Waals surface area contributed by atoms with Gasteiger partial charge in [-0.2, -0.15) is 0 Å². The summed E-state index contributed by atoms with van der Waals surface area (Å²) in [6.45, 7) is 5.73. The van der Waals surface area contributed by atoms with E-state index in [2.05, 4.69) is 5.32 Å². The summed E-state index contributed by atoms with van der Waals surface area (Å²) < 4.78 is 0. The fourth-order valence-corrected chi connectivity index (χ4v) is 2.40.